The molecule has 0 atom stereocenters. The first-order valence-electron chi connectivity index (χ1n) is 4.08. The lowest BCUT2D eigenvalue weighted by Gasteiger charge is -2.04. The zero-order valence-corrected chi connectivity index (χ0v) is 8.84. The van der Waals surface area contributed by atoms with Crippen LogP contribution in [-0.2, 0) is 0 Å². The normalized spacial score (nSPS) is 10.3. The van der Waals surface area contributed by atoms with Crippen molar-refractivity contribution in [2.45, 2.75) is 6.92 Å². The van der Waals surface area contributed by atoms with Crippen LogP contribution in [0.5, 0.6) is 0 Å². The molecule has 0 saturated carbocycles. The van der Waals surface area contributed by atoms with Crippen LogP contribution in [0.1, 0.15) is 5.56 Å². The van der Waals surface area contributed by atoms with Gasteiger partial charge in [0.05, 0.1) is 6.26 Å². The Kier molecular flexibility index (Phi) is 2.23. The Labute approximate surface area is 85.5 Å². The summed E-state index contributed by atoms with van der Waals surface area (Å²) in [7, 11) is 0. The van der Waals surface area contributed by atoms with Crippen LogP contribution in [0, 0.1) is 6.92 Å². The molecule has 0 radical (unpaired) electrons. The minimum Gasteiger partial charge on any atom is -0.464 e. The fourth-order valence-electron chi connectivity index (χ4n) is 1.36. The molecule has 13 heavy (non-hydrogen) atoms. The molecule has 1 aromatic carbocycles. The smallest absolute Gasteiger partial charge is 0.135 e. The van der Waals surface area contributed by atoms with E-state index in [0.29, 0.717) is 0 Å². The third kappa shape index (κ3) is 1.54. The molecule has 1 nitrogen and oxygen atoms in total. The Morgan fingerprint density at radius 3 is 2.62 bits per heavy atom. The Bertz CT molecular complexity index is 384. The molecule has 0 fully saturated rings. The quantitative estimate of drug-likeness (QED) is 0.730. The topological polar surface area (TPSA) is 13.1 Å². The van der Waals surface area contributed by atoms with Gasteiger partial charge in [0, 0.05) is 10.0 Å². The van der Waals surface area contributed by atoms with Crippen LogP contribution in [0.15, 0.2) is 45.5 Å². The van der Waals surface area contributed by atoms with Crippen molar-refractivity contribution in [2.24, 2.45) is 0 Å². The minimum absolute atomic E-state index is 0.907. The number of hydrogen-bond donors (Lipinski definition) is 0. The Balaban J connectivity index is 2.64. The molecule has 2 heteroatoms. The highest BCUT2D eigenvalue weighted by molar-refractivity contribution is 9.10. The molecule has 1 heterocycles. The van der Waals surface area contributed by atoms with Crippen LogP contribution in [0.2, 0.25) is 0 Å². The second kappa shape index (κ2) is 3.38. The van der Waals surface area contributed by atoms with Crippen molar-refractivity contribution in [2.75, 3.05) is 0 Å². The van der Waals surface area contributed by atoms with Gasteiger partial charge in [-0.1, -0.05) is 28.1 Å². The second-order valence-electron chi connectivity index (χ2n) is 2.91. The van der Waals surface area contributed by atoms with Crippen molar-refractivity contribution in [1.29, 1.82) is 0 Å². The highest BCUT2D eigenvalue weighted by Crippen LogP contribution is 2.31. The van der Waals surface area contributed by atoms with Crippen molar-refractivity contribution in [3.8, 4) is 11.3 Å². The summed E-state index contributed by atoms with van der Waals surface area (Å²) in [6.07, 6.45) is 1.69. The van der Waals surface area contributed by atoms with E-state index in [2.05, 4.69) is 28.9 Å². The van der Waals surface area contributed by atoms with E-state index in [-0.39, 0.29) is 0 Å². The molecule has 1 aromatic heterocycles. The number of rotatable bonds is 1. The Morgan fingerprint density at radius 2 is 2.00 bits per heavy atom. The third-order valence-corrected chi connectivity index (χ3v) is 2.65. The van der Waals surface area contributed by atoms with Crippen LogP contribution in [0.4, 0.5) is 0 Å². The summed E-state index contributed by atoms with van der Waals surface area (Å²) < 4.78 is 6.42. The molecule has 0 bridgehead atoms. The summed E-state index contributed by atoms with van der Waals surface area (Å²) in [5.74, 6) is 0.907. The molecule has 0 aliphatic rings. The number of furan rings is 1. The number of hydrogen-bond acceptors (Lipinski definition) is 1. The Hall–Kier alpha value is -1.02. The van der Waals surface area contributed by atoms with E-state index in [0.717, 1.165) is 15.8 Å². The van der Waals surface area contributed by atoms with Gasteiger partial charge in [-0.2, -0.15) is 0 Å². The molecule has 0 aliphatic carbocycles. The first-order valence-corrected chi connectivity index (χ1v) is 4.87. The summed E-state index contributed by atoms with van der Waals surface area (Å²) in [5, 5.41) is 0. The van der Waals surface area contributed by atoms with Crippen LogP contribution >= 0.6 is 15.9 Å². The molecule has 0 saturated heterocycles. The van der Waals surface area contributed by atoms with Crippen LogP contribution < -0.4 is 0 Å². The molecule has 2 aromatic rings. The Morgan fingerprint density at radius 1 is 1.15 bits per heavy atom. The van der Waals surface area contributed by atoms with Gasteiger partial charge in [-0.15, -0.1) is 0 Å². The molecule has 0 amide bonds. The largest absolute Gasteiger partial charge is 0.464 e. The van der Waals surface area contributed by atoms with Gasteiger partial charge in [0.1, 0.15) is 5.76 Å². The maximum absolute atomic E-state index is 5.35. The van der Waals surface area contributed by atoms with Crippen LogP contribution in [-0.4, -0.2) is 0 Å². The standard InChI is InChI=1S/C11H9BrO/c1-8-4-2-5-9(12)11(8)10-6-3-7-13-10/h2-7H,1H3. The average Bonchev–Trinajstić information content (AvgIpc) is 2.57. The number of benzene rings is 1. The third-order valence-electron chi connectivity index (χ3n) is 1.99. The highest BCUT2D eigenvalue weighted by atomic mass is 79.9. The van der Waals surface area contributed by atoms with Gasteiger partial charge >= 0.3 is 0 Å². The molecule has 0 aliphatic heterocycles. The predicted octanol–water partition coefficient (Wildman–Crippen LogP) is 4.02. The van der Waals surface area contributed by atoms with Gasteiger partial charge in [-0.3, -0.25) is 0 Å². The van der Waals surface area contributed by atoms with Gasteiger partial charge in [-0.05, 0) is 30.7 Å². The van der Waals surface area contributed by atoms with E-state index in [9.17, 15) is 0 Å². The van der Waals surface area contributed by atoms with Crippen molar-refractivity contribution in [1.82, 2.24) is 0 Å². The first-order chi connectivity index (χ1) is 6.29. The second-order valence-corrected chi connectivity index (χ2v) is 3.76. The first kappa shape index (κ1) is 8.57. The summed E-state index contributed by atoms with van der Waals surface area (Å²) in [4.78, 5) is 0. The summed E-state index contributed by atoms with van der Waals surface area (Å²) in [6, 6.07) is 9.97. The molecule has 0 spiro atoms. The molecular formula is C11H9BrO. The van der Waals surface area contributed by atoms with Gasteiger partial charge in [0.2, 0.25) is 0 Å². The maximum atomic E-state index is 5.35. The summed E-state index contributed by atoms with van der Waals surface area (Å²) >= 11 is 3.51. The van der Waals surface area contributed by atoms with Gasteiger partial charge < -0.3 is 4.42 Å². The van der Waals surface area contributed by atoms with E-state index < -0.39 is 0 Å². The lowest BCUT2D eigenvalue weighted by Crippen LogP contribution is -1.81. The number of aryl methyl sites for hydroxylation is 1. The van der Waals surface area contributed by atoms with E-state index in [4.69, 9.17) is 4.42 Å². The van der Waals surface area contributed by atoms with Crippen molar-refractivity contribution < 1.29 is 4.42 Å². The van der Waals surface area contributed by atoms with Gasteiger partial charge in [0.15, 0.2) is 0 Å². The average molecular weight is 237 g/mol. The SMILES string of the molecule is Cc1cccc(Br)c1-c1ccco1. The van der Waals surface area contributed by atoms with Crippen LogP contribution in [0.3, 0.4) is 0 Å². The van der Waals surface area contributed by atoms with E-state index in [1.165, 1.54) is 5.56 Å². The van der Waals surface area contributed by atoms with E-state index >= 15 is 0 Å². The van der Waals surface area contributed by atoms with E-state index in [1.807, 2.05) is 24.3 Å². The predicted molar refractivity (Wildman–Crippen MR) is 56.6 cm³/mol. The van der Waals surface area contributed by atoms with E-state index in [1.54, 1.807) is 6.26 Å². The zero-order chi connectivity index (χ0) is 9.26. The fourth-order valence-corrected chi connectivity index (χ4v) is 2.03. The maximum Gasteiger partial charge on any atom is 0.135 e. The van der Waals surface area contributed by atoms with Crippen molar-refractivity contribution in [3.05, 3.63) is 46.6 Å². The molecule has 66 valence electrons. The zero-order valence-electron chi connectivity index (χ0n) is 7.25. The molecule has 2 rings (SSSR count). The molecule has 0 unspecified atom stereocenters. The minimum atomic E-state index is 0.907. The lowest BCUT2D eigenvalue weighted by atomic mass is 10.1. The highest BCUT2D eigenvalue weighted by Gasteiger charge is 2.07. The van der Waals surface area contributed by atoms with Crippen LogP contribution in [0.25, 0.3) is 11.3 Å². The molecule has 0 N–H and O–H groups in total. The lowest BCUT2D eigenvalue weighted by molar-refractivity contribution is 0.581. The molecular weight excluding hydrogens is 228 g/mol. The summed E-state index contributed by atoms with van der Waals surface area (Å²) in [6.45, 7) is 2.07. The van der Waals surface area contributed by atoms with Gasteiger partial charge in [0.25, 0.3) is 0 Å². The summed E-state index contributed by atoms with van der Waals surface area (Å²) in [5.41, 5.74) is 2.34. The van der Waals surface area contributed by atoms with Crippen molar-refractivity contribution in [3.63, 3.8) is 0 Å². The van der Waals surface area contributed by atoms with Crippen molar-refractivity contribution >= 4 is 15.9 Å². The fraction of sp³-hybridized carbons (Fsp3) is 0.0909. The monoisotopic (exact) mass is 236 g/mol. The van der Waals surface area contributed by atoms with Gasteiger partial charge in [-0.25, -0.2) is 0 Å². The number of halogens is 1.